The second-order valence-electron chi connectivity index (χ2n) is 6.16. The molecule has 0 fully saturated rings. The zero-order chi connectivity index (χ0) is 17.6. The molecule has 3 heterocycles. The number of benzene rings is 1. The molecule has 0 bridgehead atoms. The lowest BCUT2D eigenvalue weighted by Gasteiger charge is -2.25. The van der Waals surface area contributed by atoms with Gasteiger partial charge in [0.15, 0.2) is 0 Å². The van der Waals surface area contributed by atoms with Crippen LogP contribution in [0.5, 0.6) is 0 Å². The van der Waals surface area contributed by atoms with Gasteiger partial charge in [0.05, 0.1) is 11.7 Å². The summed E-state index contributed by atoms with van der Waals surface area (Å²) in [5.74, 6) is -0.561. The number of aromatic nitrogens is 2. The van der Waals surface area contributed by atoms with E-state index in [1.165, 1.54) is 0 Å². The highest BCUT2D eigenvalue weighted by Crippen LogP contribution is 2.24. The van der Waals surface area contributed by atoms with E-state index in [0.717, 1.165) is 22.2 Å². The number of hydrogen-bond donors (Lipinski definition) is 3. The Bertz CT molecular complexity index is 1010. The molecule has 1 aliphatic rings. The van der Waals surface area contributed by atoms with Gasteiger partial charge in [-0.1, -0.05) is 29.3 Å². The van der Waals surface area contributed by atoms with E-state index in [1.807, 2.05) is 25.1 Å². The summed E-state index contributed by atoms with van der Waals surface area (Å²) in [5.41, 5.74) is 4.00. The molecule has 1 unspecified atom stereocenters. The van der Waals surface area contributed by atoms with Gasteiger partial charge in [0, 0.05) is 17.5 Å². The van der Waals surface area contributed by atoms with Crippen molar-refractivity contribution < 1.29 is 9.59 Å². The second-order valence-corrected chi connectivity index (χ2v) is 6.54. The molecule has 3 N–H and O–H groups in total. The molecular formula is C18H15ClN4O2. The smallest absolute Gasteiger partial charge is 0.268 e. The van der Waals surface area contributed by atoms with Crippen LogP contribution < -0.4 is 10.6 Å². The minimum absolute atomic E-state index is 0.217. The monoisotopic (exact) mass is 354 g/mol. The third-order valence-electron chi connectivity index (χ3n) is 4.28. The van der Waals surface area contributed by atoms with E-state index in [1.54, 1.807) is 18.3 Å². The Morgan fingerprint density at radius 2 is 2.16 bits per heavy atom. The van der Waals surface area contributed by atoms with Crippen molar-refractivity contribution in [3.05, 3.63) is 58.5 Å². The minimum Gasteiger partial charge on any atom is -0.349 e. The van der Waals surface area contributed by atoms with Crippen LogP contribution >= 0.6 is 11.6 Å². The number of aryl methyl sites for hydroxylation is 1. The quantitative estimate of drug-likeness (QED) is 0.618. The van der Waals surface area contributed by atoms with Crippen molar-refractivity contribution in [2.24, 2.45) is 0 Å². The molecule has 126 valence electrons. The van der Waals surface area contributed by atoms with E-state index in [0.29, 0.717) is 22.8 Å². The number of hydrogen-bond acceptors (Lipinski definition) is 3. The predicted octanol–water partition coefficient (Wildman–Crippen LogP) is 2.82. The maximum absolute atomic E-state index is 12.5. The molecule has 4 rings (SSSR count). The fraction of sp³-hybridized carbons (Fsp3) is 0.167. The maximum Gasteiger partial charge on any atom is 0.268 e. The molecule has 2 aromatic heterocycles. The van der Waals surface area contributed by atoms with Gasteiger partial charge < -0.3 is 15.6 Å². The average Bonchev–Trinajstić information content (AvgIpc) is 2.99. The predicted molar refractivity (Wildman–Crippen MR) is 95.9 cm³/mol. The maximum atomic E-state index is 12.5. The third-order valence-corrected chi connectivity index (χ3v) is 4.49. The number of nitrogens with zero attached hydrogens (tertiary/aromatic N) is 1. The first-order chi connectivity index (χ1) is 12.0. The van der Waals surface area contributed by atoms with E-state index in [2.05, 4.69) is 20.6 Å². The molecular weight excluding hydrogens is 340 g/mol. The van der Waals surface area contributed by atoms with Crippen molar-refractivity contribution >= 4 is 40.0 Å². The number of pyridine rings is 1. The normalized spacial score (nSPS) is 16.4. The highest BCUT2D eigenvalue weighted by Gasteiger charge is 2.28. The van der Waals surface area contributed by atoms with Gasteiger partial charge in [0.2, 0.25) is 5.91 Å². The van der Waals surface area contributed by atoms with Gasteiger partial charge in [-0.2, -0.15) is 0 Å². The molecule has 0 spiro atoms. The summed E-state index contributed by atoms with van der Waals surface area (Å²) in [6, 6.07) is 8.60. The SMILES string of the molecule is Cc1ccc2c(c1)CC(NC(=O)c1cc3cc(Cl)ncc3[nH]1)C(=O)N2. The van der Waals surface area contributed by atoms with Crippen LogP contribution in [0, 0.1) is 6.92 Å². The van der Waals surface area contributed by atoms with Crippen LogP contribution in [0.1, 0.15) is 21.6 Å². The zero-order valence-electron chi connectivity index (χ0n) is 13.4. The van der Waals surface area contributed by atoms with Gasteiger partial charge in [0.1, 0.15) is 16.9 Å². The number of halogens is 1. The summed E-state index contributed by atoms with van der Waals surface area (Å²) in [4.78, 5) is 31.7. The van der Waals surface area contributed by atoms with Gasteiger partial charge in [-0.05, 0) is 30.7 Å². The summed E-state index contributed by atoms with van der Waals surface area (Å²) < 4.78 is 0. The molecule has 25 heavy (non-hydrogen) atoms. The third kappa shape index (κ3) is 2.96. The Kier molecular flexibility index (Phi) is 3.69. The number of nitrogens with one attached hydrogen (secondary N) is 3. The topological polar surface area (TPSA) is 86.9 Å². The van der Waals surface area contributed by atoms with Crippen molar-refractivity contribution in [3.8, 4) is 0 Å². The fourth-order valence-electron chi connectivity index (χ4n) is 3.03. The van der Waals surface area contributed by atoms with Gasteiger partial charge in [-0.25, -0.2) is 4.98 Å². The Morgan fingerprint density at radius 1 is 1.32 bits per heavy atom. The van der Waals surface area contributed by atoms with E-state index < -0.39 is 6.04 Å². The van der Waals surface area contributed by atoms with E-state index in [-0.39, 0.29) is 11.8 Å². The lowest BCUT2D eigenvalue weighted by atomic mass is 9.97. The van der Waals surface area contributed by atoms with Gasteiger partial charge in [-0.15, -0.1) is 0 Å². The highest BCUT2D eigenvalue weighted by atomic mass is 35.5. The first-order valence-corrected chi connectivity index (χ1v) is 8.23. The van der Waals surface area contributed by atoms with Crippen molar-refractivity contribution in [2.75, 3.05) is 5.32 Å². The number of rotatable bonds is 2. The number of fused-ring (bicyclic) bond motifs is 2. The molecule has 0 saturated carbocycles. The minimum atomic E-state index is -0.616. The molecule has 1 atom stereocenters. The summed E-state index contributed by atoms with van der Waals surface area (Å²) in [5, 5.41) is 6.77. The molecule has 1 aromatic carbocycles. The standard InChI is InChI=1S/C18H15ClN4O2/c1-9-2-3-12-10(4-9)5-14(18(25)22-12)23-17(24)13-6-11-7-16(19)20-8-15(11)21-13/h2-4,6-8,14,21H,5H2,1H3,(H,22,25)(H,23,24). The highest BCUT2D eigenvalue weighted by molar-refractivity contribution is 6.30. The number of amides is 2. The van der Waals surface area contributed by atoms with E-state index in [4.69, 9.17) is 11.6 Å². The average molecular weight is 355 g/mol. The molecule has 0 aliphatic carbocycles. The van der Waals surface area contributed by atoms with Crippen LogP contribution in [0.25, 0.3) is 10.9 Å². The molecule has 1 aliphatic heterocycles. The van der Waals surface area contributed by atoms with Crippen LogP contribution in [-0.4, -0.2) is 27.8 Å². The molecule has 7 heteroatoms. The fourth-order valence-corrected chi connectivity index (χ4v) is 3.19. The van der Waals surface area contributed by atoms with Crippen molar-refractivity contribution in [3.63, 3.8) is 0 Å². The van der Waals surface area contributed by atoms with Crippen molar-refractivity contribution in [1.29, 1.82) is 0 Å². The lowest BCUT2D eigenvalue weighted by molar-refractivity contribution is -0.118. The molecule has 0 radical (unpaired) electrons. The van der Waals surface area contributed by atoms with Crippen LogP contribution in [-0.2, 0) is 11.2 Å². The summed E-state index contributed by atoms with van der Waals surface area (Å²) in [7, 11) is 0. The Balaban J connectivity index is 1.56. The Labute approximate surface area is 148 Å². The first kappa shape index (κ1) is 15.7. The number of H-pyrrole nitrogens is 1. The largest absolute Gasteiger partial charge is 0.349 e. The first-order valence-electron chi connectivity index (χ1n) is 7.85. The summed E-state index contributed by atoms with van der Waals surface area (Å²) in [6.45, 7) is 1.99. The summed E-state index contributed by atoms with van der Waals surface area (Å²) >= 11 is 5.86. The van der Waals surface area contributed by atoms with Crippen molar-refractivity contribution in [1.82, 2.24) is 15.3 Å². The van der Waals surface area contributed by atoms with Gasteiger partial charge >= 0.3 is 0 Å². The molecule has 3 aromatic rings. The second kappa shape index (κ2) is 5.89. The molecule has 0 saturated heterocycles. The zero-order valence-corrected chi connectivity index (χ0v) is 14.1. The lowest BCUT2D eigenvalue weighted by Crippen LogP contribution is -2.47. The number of anilines is 1. The van der Waals surface area contributed by atoms with E-state index in [9.17, 15) is 9.59 Å². The summed E-state index contributed by atoms with van der Waals surface area (Å²) in [6.07, 6.45) is 2.03. The van der Waals surface area contributed by atoms with Gasteiger partial charge in [-0.3, -0.25) is 9.59 Å². The number of aromatic amines is 1. The molecule has 6 nitrogen and oxygen atoms in total. The van der Waals surface area contributed by atoms with Crippen LogP contribution in [0.15, 0.2) is 36.5 Å². The van der Waals surface area contributed by atoms with Gasteiger partial charge in [0.25, 0.3) is 5.91 Å². The van der Waals surface area contributed by atoms with Crippen LogP contribution in [0.2, 0.25) is 5.15 Å². The Hall–Kier alpha value is -2.86. The molecule has 2 amide bonds. The van der Waals surface area contributed by atoms with E-state index >= 15 is 0 Å². The van der Waals surface area contributed by atoms with Crippen LogP contribution in [0.3, 0.4) is 0 Å². The van der Waals surface area contributed by atoms with Crippen LogP contribution in [0.4, 0.5) is 5.69 Å². The number of carbonyl (C=O) groups is 2. The van der Waals surface area contributed by atoms with Crippen molar-refractivity contribution in [2.45, 2.75) is 19.4 Å². The Morgan fingerprint density at radius 3 is 3.00 bits per heavy atom. The number of carbonyl (C=O) groups excluding carboxylic acids is 2.